The van der Waals surface area contributed by atoms with Crippen LogP contribution in [0.4, 0.5) is 0 Å². The van der Waals surface area contributed by atoms with Crippen molar-refractivity contribution in [2.24, 2.45) is 0 Å². The van der Waals surface area contributed by atoms with Gasteiger partial charge in [-0.15, -0.1) is 0 Å². The first-order valence-electron chi connectivity index (χ1n) is 2.60. The standard InChI is InChI=1S/C5H6NO2P/c7-3-4-9-6-2-1-5(6)8/h4,9H,1-2H2. The van der Waals surface area contributed by atoms with Gasteiger partial charge >= 0.3 is 0 Å². The lowest BCUT2D eigenvalue weighted by Gasteiger charge is -2.28. The molecule has 9 heavy (non-hydrogen) atoms. The monoisotopic (exact) mass is 143 g/mol. The van der Waals surface area contributed by atoms with Crippen LogP contribution in [0, 0.1) is 0 Å². The molecule has 1 saturated heterocycles. The van der Waals surface area contributed by atoms with E-state index in [0.717, 1.165) is 6.54 Å². The maximum Gasteiger partial charge on any atom is 0.227 e. The summed E-state index contributed by atoms with van der Waals surface area (Å²) in [5.41, 5.74) is 0. The molecule has 0 aromatic carbocycles. The third kappa shape index (κ3) is 1.38. The Kier molecular flexibility index (Phi) is 1.99. The first kappa shape index (κ1) is 6.47. The van der Waals surface area contributed by atoms with Gasteiger partial charge in [-0.3, -0.25) is 4.79 Å². The van der Waals surface area contributed by atoms with Gasteiger partial charge in [-0.25, -0.2) is 4.79 Å². The van der Waals surface area contributed by atoms with Crippen molar-refractivity contribution >= 4 is 20.6 Å². The summed E-state index contributed by atoms with van der Waals surface area (Å²) in [4.78, 5) is 20.2. The zero-order chi connectivity index (χ0) is 6.69. The average Bonchev–Trinajstić information content (AvgIpc) is 1.86. The van der Waals surface area contributed by atoms with Crippen molar-refractivity contribution in [1.82, 2.24) is 4.67 Å². The molecule has 0 spiro atoms. The van der Waals surface area contributed by atoms with Crippen LogP contribution in [0.1, 0.15) is 6.42 Å². The molecule has 1 aliphatic heterocycles. The highest BCUT2D eigenvalue weighted by molar-refractivity contribution is 7.40. The third-order valence-corrected chi connectivity index (χ3v) is 2.16. The molecule has 4 heteroatoms. The van der Waals surface area contributed by atoms with Crippen molar-refractivity contribution in [3.05, 3.63) is 5.82 Å². The van der Waals surface area contributed by atoms with Crippen LogP contribution in [0.15, 0.2) is 5.82 Å². The maximum absolute atomic E-state index is 10.5. The number of hydrogen-bond donors (Lipinski definition) is 0. The zero-order valence-corrected chi connectivity index (χ0v) is 5.76. The summed E-state index contributed by atoms with van der Waals surface area (Å²) in [6.07, 6.45) is 0.639. The van der Waals surface area contributed by atoms with Gasteiger partial charge in [0.15, 0.2) is 0 Å². The summed E-state index contributed by atoms with van der Waals surface area (Å²) in [6, 6.07) is 0. The van der Waals surface area contributed by atoms with E-state index in [2.05, 4.69) is 0 Å². The van der Waals surface area contributed by atoms with Crippen molar-refractivity contribution in [1.29, 1.82) is 0 Å². The minimum absolute atomic E-state index is 0.139. The zero-order valence-electron chi connectivity index (χ0n) is 4.76. The van der Waals surface area contributed by atoms with E-state index in [1.807, 2.05) is 0 Å². The Morgan fingerprint density at radius 2 is 2.56 bits per heavy atom. The predicted octanol–water partition coefficient (Wildman–Crippen LogP) is 0.157. The van der Waals surface area contributed by atoms with Crippen LogP contribution < -0.4 is 0 Å². The smallest absolute Gasteiger partial charge is 0.227 e. The number of amides is 1. The Morgan fingerprint density at radius 1 is 1.78 bits per heavy atom. The van der Waals surface area contributed by atoms with Gasteiger partial charge in [0.05, 0.1) is 0 Å². The normalized spacial score (nSPS) is 17.8. The van der Waals surface area contributed by atoms with Gasteiger partial charge in [-0.2, -0.15) is 0 Å². The van der Waals surface area contributed by atoms with Gasteiger partial charge in [-0.05, 0) is 0 Å². The van der Waals surface area contributed by atoms with Gasteiger partial charge in [0.25, 0.3) is 0 Å². The van der Waals surface area contributed by atoms with E-state index in [1.54, 1.807) is 10.6 Å². The highest BCUT2D eigenvalue weighted by Crippen LogP contribution is 2.25. The van der Waals surface area contributed by atoms with E-state index < -0.39 is 0 Å². The fraction of sp³-hybridized carbons (Fsp3) is 0.400. The quantitative estimate of drug-likeness (QED) is 0.313. The Morgan fingerprint density at radius 3 is 2.89 bits per heavy atom. The Hall–Kier alpha value is -0.650. The van der Waals surface area contributed by atoms with Crippen molar-refractivity contribution in [3.8, 4) is 0 Å². The van der Waals surface area contributed by atoms with Crippen LogP contribution in [-0.4, -0.2) is 23.1 Å². The van der Waals surface area contributed by atoms with Crippen molar-refractivity contribution < 1.29 is 9.59 Å². The number of carbonyl (C=O) groups is 1. The van der Waals surface area contributed by atoms with Crippen LogP contribution in [0.2, 0.25) is 0 Å². The molecule has 0 radical (unpaired) electrons. The molecule has 48 valence electrons. The van der Waals surface area contributed by atoms with Gasteiger partial charge in [0, 0.05) is 27.5 Å². The van der Waals surface area contributed by atoms with Gasteiger partial charge < -0.3 is 4.67 Å². The molecule has 1 atom stereocenters. The molecule has 1 amide bonds. The lowest BCUT2D eigenvalue weighted by atomic mass is 10.3. The summed E-state index contributed by atoms with van der Waals surface area (Å²) in [6.45, 7) is 0.801. The predicted molar refractivity (Wildman–Crippen MR) is 34.9 cm³/mol. The molecule has 1 rings (SSSR count). The fourth-order valence-electron chi connectivity index (χ4n) is 0.556. The van der Waals surface area contributed by atoms with E-state index in [1.165, 1.54) is 5.82 Å². The molecule has 0 aliphatic carbocycles. The second kappa shape index (κ2) is 2.77. The van der Waals surface area contributed by atoms with Gasteiger partial charge in [-0.1, -0.05) is 0 Å². The van der Waals surface area contributed by atoms with Gasteiger partial charge in [0.1, 0.15) is 5.94 Å². The highest BCUT2D eigenvalue weighted by atomic mass is 31.1. The number of β-lactam (4-membered cyclic amide) rings is 1. The lowest BCUT2D eigenvalue weighted by molar-refractivity contribution is -0.132. The minimum Gasteiger partial charge on any atom is -0.320 e. The SMILES string of the molecule is O=C=CPN1CCC1=O. The first-order chi connectivity index (χ1) is 4.34. The Labute approximate surface area is 54.6 Å². The second-order valence-electron chi connectivity index (χ2n) is 1.69. The van der Waals surface area contributed by atoms with Crippen LogP contribution >= 0.6 is 8.73 Å². The number of rotatable bonds is 2. The molecule has 0 saturated carbocycles. The molecule has 0 N–H and O–H groups in total. The summed E-state index contributed by atoms with van der Waals surface area (Å²) in [5, 5.41) is 0. The Balaban J connectivity index is 2.28. The van der Waals surface area contributed by atoms with Crippen molar-refractivity contribution in [2.75, 3.05) is 6.54 Å². The van der Waals surface area contributed by atoms with Crippen LogP contribution in [-0.2, 0) is 9.59 Å². The number of hydrogen-bond acceptors (Lipinski definition) is 2. The van der Waals surface area contributed by atoms with E-state index in [-0.39, 0.29) is 14.6 Å². The van der Waals surface area contributed by atoms with Crippen molar-refractivity contribution in [3.63, 3.8) is 0 Å². The Bertz CT molecular complexity index is 174. The molecular formula is C5H6NO2P. The van der Waals surface area contributed by atoms with E-state index in [4.69, 9.17) is 0 Å². The maximum atomic E-state index is 10.5. The summed E-state index contributed by atoms with van der Waals surface area (Å²) in [7, 11) is 0.208. The molecule has 0 aromatic rings. The van der Waals surface area contributed by atoms with E-state index >= 15 is 0 Å². The van der Waals surface area contributed by atoms with E-state index in [0.29, 0.717) is 6.42 Å². The van der Waals surface area contributed by atoms with Crippen LogP contribution in [0.3, 0.4) is 0 Å². The largest absolute Gasteiger partial charge is 0.320 e. The fourth-order valence-corrected chi connectivity index (χ4v) is 1.26. The highest BCUT2D eigenvalue weighted by Gasteiger charge is 2.21. The van der Waals surface area contributed by atoms with Crippen LogP contribution in [0.5, 0.6) is 0 Å². The summed E-state index contributed by atoms with van der Waals surface area (Å²) in [5.74, 6) is 3.11. The number of carbonyl (C=O) groups excluding carboxylic acids is 2. The summed E-state index contributed by atoms with van der Waals surface area (Å²) >= 11 is 0. The molecule has 1 aliphatic rings. The first-order valence-corrected chi connectivity index (χ1v) is 3.63. The molecule has 1 heterocycles. The topological polar surface area (TPSA) is 37.4 Å². The lowest BCUT2D eigenvalue weighted by Crippen LogP contribution is -2.36. The molecule has 0 aromatic heterocycles. The minimum atomic E-state index is 0.139. The van der Waals surface area contributed by atoms with Crippen molar-refractivity contribution in [2.45, 2.75) is 6.42 Å². The number of nitrogens with zero attached hydrogens (tertiary/aromatic N) is 1. The van der Waals surface area contributed by atoms with Crippen LogP contribution in [0.25, 0.3) is 0 Å². The van der Waals surface area contributed by atoms with E-state index in [9.17, 15) is 9.59 Å². The summed E-state index contributed by atoms with van der Waals surface area (Å²) < 4.78 is 1.63. The molecule has 1 unspecified atom stereocenters. The molecule has 0 bridgehead atoms. The molecular weight excluding hydrogens is 137 g/mol. The average molecular weight is 143 g/mol. The van der Waals surface area contributed by atoms with Gasteiger partial charge in [0.2, 0.25) is 5.91 Å². The second-order valence-corrected chi connectivity index (χ2v) is 2.77. The third-order valence-electron chi connectivity index (χ3n) is 1.13. The molecule has 1 fully saturated rings. The molecule has 3 nitrogen and oxygen atoms in total.